The average molecular weight is 214 g/mol. The van der Waals surface area contributed by atoms with Gasteiger partial charge in [-0.2, -0.15) is 0 Å². The van der Waals surface area contributed by atoms with Crippen molar-refractivity contribution in [2.24, 2.45) is 16.7 Å². The minimum atomic E-state index is -0.466. The summed E-state index contributed by atoms with van der Waals surface area (Å²) in [4.78, 5) is 0. The second-order valence-electron chi connectivity index (χ2n) is 6.84. The largest absolute Gasteiger partial charge is 0.349 e. The lowest BCUT2D eigenvalue weighted by molar-refractivity contribution is -0.367. The van der Waals surface area contributed by atoms with Crippen LogP contribution in [-0.4, -0.2) is 19.0 Å². The first kappa shape index (κ1) is 13.0. The van der Waals surface area contributed by atoms with Crippen LogP contribution in [0.5, 0.6) is 0 Å². The molecule has 1 saturated heterocycles. The first-order valence-electron chi connectivity index (χ1n) is 5.88. The zero-order valence-electron chi connectivity index (χ0n) is 11.3. The highest BCUT2D eigenvalue weighted by atomic mass is 16.7. The zero-order valence-corrected chi connectivity index (χ0v) is 11.3. The van der Waals surface area contributed by atoms with Gasteiger partial charge in [0.15, 0.2) is 5.79 Å². The van der Waals surface area contributed by atoms with E-state index in [1.807, 2.05) is 0 Å². The van der Waals surface area contributed by atoms with E-state index in [0.717, 1.165) is 13.2 Å². The number of hydrogen-bond donors (Lipinski definition) is 0. The van der Waals surface area contributed by atoms with E-state index in [0.29, 0.717) is 5.92 Å². The van der Waals surface area contributed by atoms with Crippen molar-refractivity contribution >= 4 is 0 Å². The van der Waals surface area contributed by atoms with Gasteiger partial charge in [0.05, 0.1) is 13.2 Å². The molecule has 0 atom stereocenters. The predicted molar refractivity (Wildman–Crippen MR) is 62.7 cm³/mol. The van der Waals surface area contributed by atoms with E-state index in [-0.39, 0.29) is 10.8 Å². The van der Waals surface area contributed by atoms with Gasteiger partial charge >= 0.3 is 0 Å². The van der Waals surface area contributed by atoms with Crippen LogP contribution in [0.2, 0.25) is 0 Å². The maximum absolute atomic E-state index is 6.08. The first-order chi connectivity index (χ1) is 6.60. The summed E-state index contributed by atoms with van der Waals surface area (Å²) in [6.45, 7) is 16.9. The van der Waals surface area contributed by atoms with Crippen molar-refractivity contribution < 1.29 is 9.47 Å². The summed E-state index contributed by atoms with van der Waals surface area (Å²) in [5, 5.41) is 0. The van der Waals surface area contributed by atoms with Gasteiger partial charge in [-0.15, -0.1) is 0 Å². The van der Waals surface area contributed by atoms with Crippen molar-refractivity contribution in [2.45, 2.75) is 54.3 Å². The maximum atomic E-state index is 6.08. The van der Waals surface area contributed by atoms with Gasteiger partial charge in [0.2, 0.25) is 0 Å². The van der Waals surface area contributed by atoms with Gasteiger partial charge in [0, 0.05) is 16.7 Å². The fraction of sp³-hybridized carbons (Fsp3) is 1.00. The third-order valence-corrected chi connectivity index (χ3v) is 3.12. The standard InChI is InChI=1S/C13H26O2/c1-10-8-14-13(15-9-10,11(2,3)4)12(5,6)7/h10H,8-9H2,1-7H3. The molecule has 1 aliphatic rings. The van der Waals surface area contributed by atoms with Gasteiger partial charge in [0.1, 0.15) is 0 Å². The Labute approximate surface area is 94.3 Å². The quantitative estimate of drug-likeness (QED) is 0.615. The van der Waals surface area contributed by atoms with E-state index < -0.39 is 5.79 Å². The van der Waals surface area contributed by atoms with Crippen molar-refractivity contribution in [3.8, 4) is 0 Å². The Kier molecular flexibility index (Phi) is 3.24. The Morgan fingerprint density at radius 2 is 1.20 bits per heavy atom. The number of ether oxygens (including phenoxy) is 2. The number of hydrogen-bond acceptors (Lipinski definition) is 2. The molecule has 2 heteroatoms. The van der Waals surface area contributed by atoms with Crippen molar-refractivity contribution in [2.75, 3.05) is 13.2 Å². The van der Waals surface area contributed by atoms with E-state index in [4.69, 9.17) is 9.47 Å². The van der Waals surface area contributed by atoms with Gasteiger partial charge in [-0.05, 0) is 0 Å². The molecule has 2 nitrogen and oxygen atoms in total. The molecular weight excluding hydrogens is 188 g/mol. The van der Waals surface area contributed by atoms with Crippen molar-refractivity contribution in [1.29, 1.82) is 0 Å². The molecule has 0 aromatic rings. The van der Waals surface area contributed by atoms with Crippen LogP contribution >= 0.6 is 0 Å². The molecule has 90 valence electrons. The normalized spacial score (nSPS) is 24.2. The summed E-state index contributed by atoms with van der Waals surface area (Å²) < 4.78 is 12.2. The molecule has 0 aromatic carbocycles. The fourth-order valence-electron chi connectivity index (χ4n) is 2.60. The van der Waals surface area contributed by atoms with Crippen LogP contribution in [0.3, 0.4) is 0 Å². The van der Waals surface area contributed by atoms with E-state index in [2.05, 4.69) is 48.5 Å². The van der Waals surface area contributed by atoms with Crippen LogP contribution in [0.4, 0.5) is 0 Å². The molecule has 15 heavy (non-hydrogen) atoms. The predicted octanol–water partition coefficient (Wildman–Crippen LogP) is 3.46. The van der Waals surface area contributed by atoms with Gasteiger partial charge in [-0.25, -0.2) is 0 Å². The molecule has 1 aliphatic heterocycles. The molecular formula is C13H26O2. The van der Waals surface area contributed by atoms with Crippen LogP contribution in [0.15, 0.2) is 0 Å². The second kappa shape index (κ2) is 3.74. The lowest BCUT2D eigenvalue weighted by atomic mass is 9.70. The van der Waals surface area contributed by atoms with Gasteiger partial charge in [-0.3, -0.25) is 0 Å². The highest BCUT2D eigenvalue weighted by Crippen LogP contribution is 2.49. The molecule has 0 bridgehead atoms. The summed E-state index contributed by atoms with van der Waals surface area (Å²) in [6.07, 6.45) is 0. The fourth-order valence-corrected chi connectivity index (χ4v) is 2.60. The van der Waals surface area contributed by atoms with Gasteiger partial charge in [-0.1, -0.05) is 48.5 Å². The second-order valence-corrected chi connectivity index (χ2v) is 6.84. The molecule has 0 aliphatic carbocycles. The van der Waals surface area contributed by atoms with Crippen LogP contribution in [0, 0.1) is 16.7 Å². The van der Waals surface area contributed by atoms with Crippen molar-refractivity contribution in [1.82, 2.24) is 0 Å². The summed E-state index contributed by atoms with van der Waals surface area (Å²) in [7, 11) is 0. The Hall–Kier alpha value is -0.0800. The molecule has 0 saturated carbocycles. The van der Waals surface area contributed by atoms with Crippen LogP contribution in [0.25, 0.3) is 0 Å². The van der Waals surface area contributed by atoms with E-state index in [1.165, 1.54) is 0 Å². The Morgan fingerprint density at radius 1 is 0.867 bits per heavy atom. The summed E-state index contributed by atoms with van der Waals surface area (Å²) in [5.41, 5.74) is -0.0171. The molecule has 1 rings (SSSR count). The third kappa shape index (κ3) is 2.21. The molecule has 0 unspecified atom stereocenters. The van der Waals surface area contributed by atoms with Crippen LogP contribution in [-0.2, 0) is 9.47 Å². The highest BCUT2D eigenvalue weighted by molar-refractivity contribution is 4.95. The Bertz CT molecular complexity index is 196. The summed E-state index contributed by atoms with van der Waals surface area (Å²) in [6, 6.07) is 0. The molecule has 1 heterocycles. The first-order valence-corrected chi connectivity index (χ1v) is 5.88. The van der Waals surface area contributed by atoms with E-state index >= 15 is 0 Å². The van der Waals surface area contributed by atoms with Crippen molar-refractivity contribution in [3.05, 3.63) is 0 Å². The Morgan fingerprint density at radius 3 is 1.47 bits per heavy atom. The van der Waals surface area contributed by atoms with E-state index in [1.54, 1.807) is 0 Å². The van der Waals surface area contributed by atoms with Crippen molar-refractivity contribution in [3.63, 3.8) is 0 Å². The number of rotatable bonds is 0. The smallest absolute Gasteiger partial charge is 0.177 e. The molecule has 0 radical (unpaired) electrons. The van der Waals surface area contributed by atoms with E-state index in [9.17, 15) is 0 Å². The van der Waals surface area contributed by atoms with Gasteiger partial charge in [0.25, 0.3) is 0 Å². The average Bonchev–Trinajstić information content (AvgIpc) is 2.00. The zero-order chi connectivity index (χ0) is 11.9. The minimum Gasteiger partial charge on any atom is -0.349 e. The monoisotopic (exact) mass is 214 g/mol. The molecule has 0 N–H and O–H groups in total. The third-order valence-electron chi connectivity index (χ3n) is 3.12. The minimum absolute atomic E-state index is 0.00854. The lowest BCUT2D eigenvalue weighted by Crippen LogP contribution is -2.60. The highest BCUT2D eigenvalue weighted by Gasteiger charge is 2.54. The molecule has 1 fully saturated rings. The Balaban J connectivity index is 2.99. The van der Waals surface area contributed by atoms with Crippen LogP contribution < -0.4 is 0 Å². The lowest BCUT2D eigenvalue weighted by Gasteiger charge is -2.54. The van der Waals surface area contributed by atoms with Gasteiger partial charge < -0.3 is 9.47 Å². The molecule has 0 aromatic heterocycles. The topological polar surface area (TPSA) is 18.5 Å². The molecule has 0 spiro atoms. The summed E-state index contributed by atoms with van der Waals surface area (Å²) in [5.74, 6) is 0.0369. The SMILES string of the molecule is CC1COC(C(C)(C)C)(C(C)(C)C)OC1. The maximum Gasteiger partial charge on any atom is 0.177 e. The summed E-state index contributed by atoms with van der Waals surface area (Å²) >= 11 is 0. The van der Waals surface area contributed by atoms with Crippen LogP contribution in [0.1, 0.15) is 48.5 Å². The molecule has 0 amide bonds.